The maximum atomic E-state index is 8.57. The molecular formula is C12H12N6S. The van der Waals surface area contributed by atoms with Crippen molar-refractivity contribution in [2.45, 2.75) is 6.92 Å². The predicted octanol–water partition coefficient (Wildman–Crippen LogP) is 2.00. The summed E-state index contributed by atoms with van der Waals surface area (Å²) in [4.78, 5) is 8.38. The van der Waals surface area contributed by atoms with E-state index in [-0.39, 0.29) is 0 Å². The number of aryl methyl sites for hydroxylation is 1. The molecular weight excluding hydrogens is 260 g/mol. The molecule has 2 rings (SSSR count). The molecule has 19 heavy (non-hydrogen) atoms. The number of hydrogen-bond donors (Lipinski definition) is 1. The summed E-state index contributed by atoms with van der Waals surface area (Å²) in [6.07, 6.45) is 5.38. The highest BCUT2D eigenvalue weighted by atomic mass is 32.2. The lowest BCUT2D eigenvalue weighted by atomic mass is 10.3. The van der Waals surface area contributed by atoms with E-state index < -0.39 is 0 Å². The molecule has 0 aliphatic heterocycles. The second-order valence-corrected chi connectivity index (χ2v) is 4.41. The lowest BCUT2D eigenvalue weighted by molar-refractivity contribution is 0.863. The molecule has 2 aromatic rings. The Balaban J connectivity index is 2.21. The van der Waals surface area contributed by atoms with Crippen molar-refractivity contribution in [3.05, 3.63) is 36.4 Å². The van der Waals surface area contributed by atoms with Gasteiger partial charge in [0.1, 0.15) is 12.2 Å². The minimum absolute atomic E-state index is 0.562. The smallest absolute Gasteiger partial charge is 0.183 e. The third kappa shape index (κ3) is 3.33. The Morgan fingerprint density at radius 1 is 1.42 bits per heavy atom. The van der Waals surface area contributed by atoms with Crippen LogP contribution >= 0.6 is 11.8 Å². The number of nitrogens with one attached hydrogen (secondary N) is 1. The fraction of sp³-hybridized carbons (Fsp3) is 0.167. The summed E-state index contributed by atoms with van der Waals surface area (Å²) in [6, 6.07) is 7.53. The maximum absolute atomic E-state index is 8.57. The van der Waals surface area contributed by atoms with Crippen LogP contribution < -0.4 is 5.32 Å². The van der Waals surface area contributed by atoms with Crippen molar-refractivity contribution >= 4 is 22.6 Å². The highest BCUT2D eigenvalue weighted by molar-refractivity contribution is 8.13. The normalized spacial score (nSPS) is 11.1. The van der Waals surface area contributed by atoms with Gasteiger partial charge in [-0.05, 0) is 37.4 Å². The number of nitriles is 1. The van der Waals surface area contributed by atoms with Gasteiger partial charge in [-0.15, -0.1) is 0 Å². The van der Waals surface area contributed by atoms with Crippen molar-refractivity contribution in [2.75, 3.05) is 6.26 Å². The van der Waals surface area contributed by atoms with Gasteiger partial charge in [-0.3, -0.25) is 5.32 Å². The van der Waals surface area contributed by atoms with Gasteiger partial charge in [-0.25, -0.2) is 14.7 Å². The molecule has 0 aliphatic carbocycles. The molecule has 0 amide bonds. The van der Waals surface area contributed by atoms with E-state index in [1.165, 1.54) is 11.8 Å². The van der Waals surface area contributed by atoms with Gasteiger partial charge in [0.2, 0.25) is 0 Å². The molecule has 0 fully saturated rings. The summed E-state index contributed by atoms with van der Waals surface area (Å²) in [5.41, 5.74) is 1.69. The van der Waals surface area contributed by atoms with E-state index in [9.17, 15) is 0 Å². The molecule has 96 valence electrons. The molecule has 7 heteroatoms. The minimum atomic E-state index is 0.562. The molecule has 0 unspecified atom stereocenters. The molecule has 1 heterocycles. The average molecular weight is 272 g/mol. The lowest BCUT2D eigenvalue weighted by Crippen LogP contribution is -2.12. The SMILES string of the molecule is CSC(=Nc1ccc(-n2cnc(C)n2)cc1)NC#N. The van der Waals surface area contributed by atoms with Crippen LogP contribution in [0.3, 0.4) is 0 Å². The van der Waals surface area contributed by atoms with Crippen molar-refractivity contribution in [3.63, 3.8) is 0 Å². The Kier molecular flexibility index (Phi) is 4.15. The first-order valence-electron chi connectivity index (χ1n) is 5.49. The summed E-state index contributed by atoms with van der Waals surface area (Å²) < 4.78 is 1.70. The first kappa shape index (κ1) is 13.1. The Hall–Kier alpha value is -2.33. The van der Waals surface area contributed by atoms with Gasteiger partial charge in [0, 0.05) is 0 Å². The van der Waals surface area contributed by atoms with Crippen LogP contribution in [0.15, 0.2) is 35.6 Å². The molecule has 0 aliphatic rings. The summed E-state index contributed by atoms with van der Waals surface area (Å²) >= 11 is 1.38. The number of aliphatic imine (C=N–C) groups is 1. The van der Waals surface area contributed by atoms with E-state index in [2.05, 4.69) is 20.4 Å². The fourth-order valence-electron chi connectivity index (χ4n) is 1.44. The van der Waals surface area contributed by atoms with Gasteiger partial charge < -0.3 is 0 Å². The zero-order chi connectivity index (χ0) is 13.7. The standard InChI is InChI=1S/C12H12N6S/c1-9-15-8-18(17-9)11-5-3-10(4-6-11)16-12(19-2)14-7-13/h3-6,8H,1-2H3,(H,14,16). The number of thioether (sulfide) groups is 1. The van der Waals surface area contributed by atoms with E-state index >= 15 is 0 Å². The molecule has 6 nitrogen and oxygen atoms in total. The number of nitrogens with zero attached hydrogens (tertiary/aromatic N) is 5. The molecule has 0 atom stereocenters. The van der Waals surface area contributed by atoms with Crippen LogP contribution in [0, 0.1) is 18.4 Å². The Labute approximate surface area is 115 Å². The second kappa shape index (κ2) is 6.02. The highest BCUT2D eigenvalue weighted by Gasteiger charge is 2.00. The summed E-state index contributed by atoms with van der Waals surface area (Å²) in [5.74, 6) is 0.727. The van der Waals surface area contributed by atoms with Crippen LogP contribution in [0.25, 0.3) is 5.69 Å². The second-order valence-electron chi connectivity index (χ2n) is 3.61. The van der Waals surface area contributed by atoms with Crippen LogP contribution in [0.1, 0.15) is 5.82 Å². The van der Waals surface area contributed by atoms with Crippen LogP contribution in [-0.2, 0) is 0 Å². The first-order chi connectivity index (χ1) is 9.22. The molecule has 0 radical (unpaired) electrons. The van der Waals surface area contributed by atoms with Gasteiger partial charge in [0.25, 0.3) is 0 Å². The van der Waals surface area contributed by atoms with Crippen molar-refractivity contribution in [1.29, 1.82) is 5.26 Å². The highest BCUT2D eigenvalue weighted by Crippen LogP contribution is 2.16. The summed E-state index contributed by atoms with van der Waals surface area (Å²) in [5, 5.41) is 15.9. The third-order valence-electron chi connectivity index (χ3n) is 2.31. The molecule has 1 aromatic heterocycles. The van der Waals surface area contributed by atoms with Crippen LogP contribution in [0.2, 0.25) is 0 Å². The third-order valence-corrected chi connectivity index (χ3v) is 2.89. The maximum Gasteiger partial charge on any atom is 0.183 e. The number of aromatic nitrogens is 3. The monoisotopic (exact) mass is 272 g/mol. The predicted molar refractivity (Wildman–Crippen MR) is 75.5 cm³/mol. The summed E-state index contributed by atoms with van der Waals surface area (Å²) in [7, 11) is 0. The minimum Gasteiger partial charge on any atom is -0.271 e. The fourth-order valence-corrected chi connectivity index (χ4v) is 1.78. The van der Waals surface area contributed by atoms with E-state index in [0.717, 1.165) is 17.2 Å². The zero-order valence-corrected chi connectivity index (χ0v) is 11.3. The van der Waals surface area contributed by atoms with Crippen LogP contribution in [-0.4, -0.2) is 26.2 Å². The zero-order valence-electron chi connectivity index (χ0n) is 10.5. The Morgan fingerprint density at radius 2 is 2.16 bits per heavy atom. The number of amidine groups is 1. The van der Waals surface area contributed by atoms with Gasteiger partial charge >= 0.3 is 0 Å². The number of rotatable bonds is 2. The average Bonchev–Trinajstić information content (AvgIpc) is 2.86. The van der Waals surface area contributed by atoms with Crippen molar-refractivity contribution in [3.8, 4) is 11.9 Å². The molecule has 0 saturated heterocycles. The molecule has 1 N–H and O–H groups in total. The van der Waals surface area contributed by atoms with Crippen LogP contribution in [0.5, 0.6) is 0 Å². The van der Waals surface area contributed by atoms with Crippen molar-refractivity contribution in [1.82, 2.24) is 20.1 Å². The van der Waals surface area contributed by atoms with Gasteiger partial charge in [0.15, 0.2) is 11.4 Å². The van der Waals surface area contributed by atoms with E-state index in [1.54, 1.807) is 11.0 Å². The topological polar surface area (TPSA) is 78.9 Å². The van der Waals surface area contributed by atoms with Gasteiger partial charge in [-0.2, -0.15) is 10.4 Å². The van der Waals surface area contributed by atoms with E-state index in [1.807, 2.05) is 43.6 Å². The number of hydrogen-bond acceptors (Lipinski definition) is 5. The molecule has 0 spiro atoms. The molecule has 0 bridgehead atoms. The van der Waals surface area contributed by atoms with Crippen molar-refractivity contribution in [2.24, 2.45) is 4.99 Å². The van der Waals surface area contributed by atoms with Gasteiger partial charge in [-0.1, -0.05) is 11.8 Å². The largest absolute Gasteiger partial charge is 0.271 e. The number of benzene rings is 1. The quantitative estimate of drug-likeness (QED) is 0.391. The Morgan fingerprint density at radius 3 is 2.68 bits per heavy atom. The van der Waals surface area contributed by atoms with E-state index in [4.69, 9.17) is 5.26 Å². The van der Waals surface area contributed by atoms with E-state index in [0.29, 0.717) is 5.17 Å². The first-order valence-corrected chi connectivity index (χ1v) is 6.72. The molecule has 0 saturated carbocycles. The Bertz CT molecular complexity index is 622. The molecule has 1 aromatic carbocycles. The van der Waals surface area contributed by atoms with Crippen LogP contribution in [0.4, 0.5) is 5.69 Å². The summed E-state index contributed by atoms with van der Waals surface area (Å²) in [6.45, 7) is 1.84. The van der Waals surface area contributed by atoms with Gasteiger partial charge in [0.05, 0.1) is 11.4 Å². The lowest BCUT2D eigenvalue weighted by Gasteiger charge is -2.02. The van der Waals surface area contributed by atoms with Crippen molar-refractivity contribution < 1.29 is 0 Å².